The molecule has 2 aromatic carbocycles. The molecule has 0 fully saturated rings. The molecule has 1 aliphatic rings. The summed E-state index contributed by atoms with van der Waals surface area (Å²) in [5.74, 6) is -0.0784. The van der Waals surface area contributed by atoms with E-state index in [4.69, 9.17) is 25.7 Å². The SMILES string of the molecule is O=C(COC(=O)c1c2c(nc3ccccc13)/C(=C/c1ccco1)CC2)c1ccc(Cl)cc1. The third-order valence-corrected chi connectivity index (χ3v) is 5.76. The number of nitrogens with zero attached hydrogens (tertiary/aromatic N) is 1. The largest absolute Gasteiger partial charge is 0.465 e. The minimum absolute atomic E-state index is 0.288. The van der Waals surface area contributed by atoms with Crippen LogP contribution in [0.3, 0.4) is 0 Å². The van der Waals surface area contributed by atoms with Crippen molar-refractivity contribution in [1.82, 2.24) is 4.98 Å². The lowest BCUT2D eigenvalue weighted by atomic mass is 10.0. The molecule has 0 atom stereocenters. The minimum atomic E-state index is -0.526. The number of ketones is 1. The number of aromatic nitrogens is 1. The van der Waals surface area contributed by atoms with E-state index < -0.39 is 5.97 Å². The number of carbonyl (C=O) groups is 2. The van der Waals surface area contributed by atoms with Gasteiger partial charge in [0.2, 0.25) is 0 Å². The van der Waals surface area contributed by atoms with Crippen molar-refractivity contribution in [3.05, 3.63) is 100 Å². The first kappa shape index (κ1) is 20.2. The normalized spacial score (nSPS) is 14.0. The molecule has 0 aliphatic heterocycles. The van der Waals surface area contributed by atoms with Gasteiger partial charge in [-0.05, 0) is 72.5 Å². The molecule has 0 radical (unpaired) electrons. The first-order valence-corrected chi connectivity index (χ1v) is 10.6. The Hall–Kier alpha value is -3.70. The molecule has 0 amide bonds. The average molecular weight is 444 g/mol. The fraction of sp³-hybridized carbons (Fsp3) is 0.115. The van der Waals surface area contributed by atoms with Gasteiger partial charge < -0.3 is 9.15 Å². The average Bonchev–Trinajstić information content (AvgIpc) is 3.46. The number of rotatable bonds is 5. The summed E-state index contributed by atoms with van der Waals surface area (Å²) >= 11 is 5.88. The van der Waals surface area contributed by atoms with E-state index in [1.54, 1.807) is 30.5 Å². The molecule has 2 heterocycles. The van der Waals surface area contributed by atoms with Crippen LogP contribution in [-0.4, -0.2) is 23.3 Å². The van der Waals surface area contributed by atoms with E-state index in [-0.39, 0.29) is 12.4 Å². The fourth-order valence-corrected chi connectivity index (χ4v) is 4.11. The quantitative estimate of drug-likeness (QED) is 0.279. The van der Waals surface area contributed by atoms with E-state index in [2.05, 4.69) is 0 Å². The summed E-state index contributed by atoms with van der Waals surface area (Å²) in [6.07, 6.45) is 4.97. The van der Waals surface area contributed by atoms with Crippen LogP contribution in [0, 0.1) is 0 Å². The molecule has 158 valence electrons. The lowest BCUT2D eigenvalue weighted by Crippen LogP contribution is -2.16. The molecule has 1 aliphatic carbocycles. The van der Waals surface area contributed by atoms with Gasteiger partial charge in [-0.2, -0.15) is 0 Å². The minimum Gasteiger partial charge on any atom is -0.465 e. The van der Waals surface area contributed by atoms with Crippen LogP contribution in [0.25, 0.3) is 22.6 Å². The van der Waals surface area contributed by atoms with Gasteiger partial charge in [0.15, 0.2) is 12.4 Å². The Bertz CT molecular complexity index is 1350. The zero-order valence-corrected chi connectivity index (χ0v) is 17.8. The van der Waals surface area contributed by atoms with Gasteiger partial charge in [0.25, 0.3) is 0 Å². The van der Waals surface area contributed by atoms with Gasteiger partial charge >= 0.3 is 5.97 Å². The molecule has 32 heavy (non-hydrogen) atoms. The summed E-state index contributed by atoms with van der Waals surface area (Å²) in [5, 5.41) is 1.25. The molecule has 5 rings (SSSR count). The standard InChI is InChI=1S/C26H18ClNO4/c27-18-10-7-16(8-11-18)23(29)15-32-26(30)24-20-5-1-2-6-22(20)28-25-17(9-12-21(24)25)14-19-4-3-13-31-19/h1-8,10-11,13-14H,9,12,15H2/b17-14+. The number of hydrogen-bond acceptors (Lipinski definition) is 5. The second-order valence-corrected chi connectivity index (χ2v) is 7.96. The number of allylic oxidation sites excluding steroid dienone is 1. The van der Waals surface area contributed by atoms with E-state index in [0.717, 1.165) is 34.4 Å². The summed E-state index contributed by atoms with van der Waals surface area (Å²) in [7, 11) is 0. The monoisotopic (exact) mass is 443 g/mol. The smallest absolute Gasteiger partial charge is 0.339 e. The predicted molar refractivity (Wildman–Crippen MR) is 123 cm³/mol. The molecule has 0 saturated carbocycles. The van der Waals surface area contributed by atoms with Crippen LogP contribution < -0.4 is 0 Å². The third kappa shape index (κ3) is 3.83. The zero-order valence-electron chi connectivity index (χ0n) is 17.0. The highest BCUT2D eigenvalue weighted by molar-refractivity contribution is 6.30. The van der Waals surface area contributed by atoms with Crippen LogP contribution in [0.2, 0.25) is 5.02 Å². The maximum atomic E-state index is 13.2. The highest BCUT2D eigenvalue weighted by Crippen LogP contribution is 2.37. The Labute approximate surface area is 189 Å². The Kier molecular flexibility index (Phi) is 5.33. The van der Waals surface area contributed by atoms with Gasteiger partial charge in [-0.3, -0.25) is 4.79 Å². The van der Waals surface area contributed by atoms with Crippen molar-refractivity contribution in [1.29, 1.82) is 0 Å². The molecule has 0 unspecified atom stereocenters. The van der Waals surface area contributed by atoms with Crippen LogP contribution in [0.4, 0.5) is 0 Å². The van der Waals surface area contributed by atoms with Gasteiger partial charge in [0.05, 0.1) is 23.0 Å². The Morgan fingerprint density at radius 2 is 1.84 bits per heavy atom. The highest BCUT2D eigenvalue weighted by Gasteiger charge is 2.28. The molecular formula is C26H18ClNO4. The van der Waals surface area contributed by atoms with Crippen LogP contribution >= 0.6 is 11.6 Å². The number of para-hydroxylation sites is 1. The summed E-state index contributed by atoms with van der Waals surface area (Å²) in [5.41, 5.74) is 4.23. The highest BCUT2D eigenvalue weighted by atomic mass is 35.5. The summed E-state index contributed by atoms with van der Waals surface area (Å²) in [6.45, 7) is -0.346. The Morgan fingerprint density at radius 3 is 2.62 bits per heavy atom. The van der Waals surface area contributed by atoms with Gasteiger partial charge in [-0.15, -0.1) is 0 Å². The molecule has 5 nitrogen and oxygen atoms in total. The van der Waals surface area contributed by atoms with Crippen molar-refractivity contribution in [3.8, 4) is 0 Å². The topological polar surface area (TPSA) is 69.4 Å². The molecule has 0 saturated heterocycles. The Balaban J connectivity index is 1.49. The van der Waals surface area contributed by atoms with Gasteiger partial charge in [-0.1, -0.05) is 29.8 Å². The number of carbonyl (C=O) groups excluding carboxylic acids is 2. The van der Waals surface area contributed by atoms with E-state index in [9.17, 15) is 9.59 Å². The molecule has 2 aromatic heterocycles. The van der Waals surface area contributed by atoms with E-state index in [0.29, 0.717) is 28.1 Å². The van der Waals surface area contributed by atoms with Crippen molar-refractivity contribution in [2.45, 2.75) is 12.8 Å². The van der Waals surface area contributed by atoms with Crippen molar-refractivity contribution in [2.75, 3.05) is 6.61 Å². The first-order chi connectivity index (χ1) is 15.6. The van der Waals surface area contributed by atoms with Crippen molar-refractivity contribution in [3.63, 3.8) is 0 Å². The number of furan rings is 1. The third-order valence-electron chi connectivity index (χ3n) is 5.51. The molecule has 0 spiro atoms. The molecule has 0 bridgehead atoms. The summed E-state index contributed by atoms with van der Waals surface area (Å²) in [6, 6.07) is 17.7. The van der Waals surface area contributed by atoms with E-state index in [1.807, 2.05) is 42.5 Å². The van der Waals surface area contributed by atoms with Crippen LogP contribution in [0.1, 0.15) is 44.2 Å². The number of hydrogen-bond donors (Lipinski definition) is 0. The number of Topliss-reactive ketones (excluding diaryl/α,β-unsaturated/α-hetero) is 1. The van der Waals surface area contributed by atoms with Crippen LogP contribution in [-0.2, 0) is 11.2 Å². The van der Waals surface area contributed by atoms with Gasteiger partial charge in [0, 0.05) is 16.0 Å². The van der Waals surface area contributed by atoms with Gasteiger partial charge in [0.1, 0.15) is 5.76 Å². The summed E-state index contributed by atoms with van der Waals surface area (Å²) in [4.78, 5) is 30.5. The zero-order chi connectivity index (χ0) is 22.1. The molecule has 6 heteroatoms. The van der Waals surface area contributed by atoms with Crippen LogP contribution in [0.15, 0.2) is 71.3 Å². The van der Waals surface area contributed by atoms with Crippen molar-refractivity contribution >= 4 is 45.9 Å². The number of esters is 1. The lowest BCUT2D eigenvalue weighted by molar-refractivity contribution is 0.0475. The van der Waals surface area contributed by atoms with E-state index >= 15 is 0 Å². The molecule has 0 N–H and O–H groups in total. The fourth-order valence-electron chi connectivity index (χ4n) is 3.98. The van der Waals surface area contributed by atoms with E-state index in [1.165, 1.54) is 0 Å². The van der Waals surface area contributed by atoms with Crippen LogP contribution in [0.5, 0.6) is 0 Å². The van der Waals surface area contributed by atoms with Crippen molar-refractivity contribution in [2.24, 2.45) is 0 Å². The van der Waals surface area contributed by atoms with Crippen molar-refractivity contribution < 1.29 is 18.7 Å². The second-order valence-electron chi connectivity index (χ2n) is 7.52. The second kappa shape index (κ2) is 8.44. The number of fused-ring (bicyclic) bond motifs is 2. The number of benzene rings is 2. The molecular weight excluding hydrogens is 426 g/mol. The molecule has 4 aromatic rings. The summed E-state index contributed by atoms with van der Waals surface area (Å²) < 4.78 is 10.9. The lowest BCUT2D eigenvalue weighted by Gasteiger charge is -2.12. The number of pyridine rings is 1. The number of halogens is 1. The predicted octanol–water partition coefficient (Wildman–Crippen LogP) is 6.01. The first-order valence-electron chi connectivity index (χ1n) is 10.2. The number of ether oxygens (including phenoxy) is 1. The maximum absolute atomic E-state index is 13.2. The van der Waals surface area contributed by atoms with Gasteiger partial charge in [-0.25, -0.2) is 9.78 Å². The Morgan fingerprint density at radius 1 is 1.03 bits per heavy atom. The maximum Gasteiger partial charge on any atom is 0.339 e.